The van der Waals surface area contributed by atoms with Crippen molar-refractivity contribution in [2.24, 2.45) is 11.7 Å². The third-order valence-corrected chi connectivity index (χ3v) is 3.95. The van der Waals surface area contributed by atoms with E-state index in [1.807, 2.05) is 12.1 Å². The highest BCUT2D eigenvalue weighted by Crippen LogP contribution is 2.15. The Morgan fingerprint density at radius 2 is 2.15 bits per heavy atom. The molecule has 0 bridgehead atoms. The largest absolute Gasteiger partial charge is 0.330 e. The van der Waals surface area contributed by atoms with Gasteiger partial charge in [0.15, 0.2) is 0 Å². The molecular formula is C16H25N3O. The van der Waals surface area contributed by atoms with Crippen LogP contribution in [0.4, 0.5) is 5.69 Å². The van der Waals surface area contributed by atoms with Gasteiger partial charge in [-0.05, 0) is 56.0 Å². The lowest BCUT2D eigenvalue weighted by Gasteiger charge is -2.31. The fraction of sp³-hybridized carbons (Fsp3) is 0.562. The van der Waals surface area contributed by atoms with Gasteiger partial charge in [0, 0.05) is 12.2 Å². The van der Waals surface area contributed by atoms with E-state index in [0.717, 1.165) is 38.2 Å². The molecule has 1 aliphatic heterocycles. The highest BCUT2D eigenvalue weighted by molar-refractivity contribution is 5.92. The van der Waals surface area contributed by atoms with Crippen LogP contribution in [-0.4, -0.2) is 37.0 Å². The quantitative estimate of drug-likeness (QED) is 0.862. The first-order valence-electron chi connectivity index (χ1n) is 7.52. The average Bonchev–Trinajstić information content (AvgIpc) is 2.48. The van der Waals surface area contributed by atoms with Gasteiger partial charge in [0.1, 0.15) is 0 Å². The topological polar surface area (TPSA) is 58.4 Å². The number of carbonyl (C=O) groups is 1. The average molecular weight is 275 g/mol. The second-order valence-electron chi connectivity index (χ2n) is 5.58. The Morgan fingerprint density at radius 3 is 2.80 bits per heavy atom. The Balaban J connectivity index is 1.82. The second-order valence-corrected chi connectivity index (χ2v) is 5.58. The molecule has 0 radical (unpaired) electrons. The summed E-state index contributed by atoms with van der Waals surface area (Å²) in [6.07, 6.45) is 3.34. The van der Waals surface area contributed by atoms with Crippen LogP contribution in [0.3, 0.4) is 0 Å². The Bertz CT molecular complexity index is 430. The number of amides is 1. The third kappa shape index (κ3) is 4.32. The zero-order valence-electron chi connectivity index (χ0n) is 12.3. The van der Waals surface area contributed by atoms with Crippen molar-refractivity contribution < 1.29 is 4.79 Å². The van der Waals surface area contributed by atoms with E-state index in [9.17, 15) is 4.79 Å². The molecule has 1 saturated heterocycles. The van der Waals surface area contributed by atoms with Crippen LogP contribution in [0.1, 0.15) is 25.3 Å². The number of hydrogen-bond acceptors (Lipinski definition) is 3. The molecule has 0 spiro atoms. The summed E-state index contributed by atoms with van der Waals surface area (Å²) >= 11 is 0. The molecule has 110 valence electrons. The summed E-state index contributed by atoms with van der Waals surface area (Å²) in [4.78, 5) is 14.3. The molecule has 4 heteroatoms. The number of rotatable bonds is 5. The molecule has 2 rings (SSSR count). The van der Waals surface area contributed by atoms with Gasteiger partial charge in [0.25, 0.3) is 0 Å². The first-order chi connectivity index (χ1) is 9.71. The lowest BCUT2D eigenvalue weighted by Crippen LogP contribution is -2.42. The molecule has 0 saturated carbocycles. The predicted molar refractivity (Wildman–Crippen MR) is 82.7 cm³/mol. The fourth-order valence-corrected chi connectivity index (χ4v) is 2.71. The van der Waals surface area contributed by atoms with Crippen molar-refractivity contribution in [2.75, 3.05) is 31.5 Å². The number of aryl methyl sites for hydroxylation is 1. The molecule has 1 aromatic carbocycles. The van der Waals surface area contributed by atoms with Crippen molar-refractivity contribution in [1.82, 2.24) is 4.90 Å². The van der Waals surface area contributed by atoms with E-state index < -0.39 is 0 Å². The van der Waals surface area contributed by atoms with Gasteiger partial charge < -0.3 is 11.1 Å². The minimum atomic E-state index is 0.0620. The molecule has 4 nitrogen and oxygen atoms in total. The van der Waals surface area contributed by atoms with E-state index in [1.54, 1.807) is 0 Å². The van der Waals surface area contributed by atoms with E-state index in [2.05, 4.69) is 29.3 Å². The first kappa shape index (κ1) is 15.0. The highest BCUT2D eigenvalue weighted by atomic mass is 16.2. The minimum absolute atomic E-state index is 0.0620. The Hall–Kier alpha value is -1.39. The van der Waals surface area contributed by atoms with Crippen LogP contribution in [0.25, 0.3) is 0 Å². The summed E-state index contributed by atoms with van der Waals surface area (Å²) < 4.78 is 0. The molecular weight excluding hydrogens is 250 g/mol. The summed E-state index contributed by atoms with van der Waals surface area (Å²) in [5.74, 6) is 0.604. The molecule has 1 aromatic rings. The molecule has 0 aromatic heterocycles. The SMILES string of the molecule is CCc1ccc(NC(=O)CN2CCCC(CN)C2)cc1. The van der Waals surface area contributed by atoms with Crippen LogP contribution in [0, 0.1) is 5.92 Å². The Morgan fingerprint density at radius 1 is 1.40 bits per heavy atom. The molecule has 20 heavy (non-hydrogen) atoms. The monoisotopic (exact) mass is 275 g/mol. The van der Waals surface area contributed by atoms with Crippen LogP contribution in [0.15, 0.2) is 24.3 Å². The first-order valence-corrected chi connectivity index (χ1v) is 7.52. The Kier molecular flexibility index (Phi) is 5.56. The van der Waals surface area contributed by atoms with Gasteiger partial charge in [0.05, 0.1) is 6.54 Å². The number of benzene rings is 1. The van der Waals surface area contributed by atoms with E-state index in [-0.39, 0.29) is 5.91 Å². The number of nitrogens with one attached hydrogen (secondary N) is 1. The third-order valence-electron chi connectivity index (χ3n) is 3.95. The molecule has 1 heterocycles. The zero-order valence-corrected chi connectivity index (χ0v) is 12.3. The van der Waals surface area contributed by atoms with E-state index in [4.69, 9.17) is 5.73 Å². The maximum Gasteiger partial charge on any atom is 0.238 e. The van der Waals surface area contributed by atoms with Gasteiger partial charge in [-0.2, -0.15) is 0 Å². The van der Waals surface area contributed by atoms with Crippen LogP contribution in [-0.2, 0) is 11.2 Å². The van der Waals surface area contributed by atoms with E-state index in [0.29, 0.717) is 12.5 Å². The summed E-state index contributed by atoms with van der Waals surface area (Å²) in [6, 6.07) is 8.05. The maximum atomic E-state index is 12.0. The van der Waals surface area contributed by atoms with Crippen molar-refractivity contribution in [3.05, 3.63) is 29.8 Å². The van der Waals surface area contributed by atoms with Gasteiger partial charge in [-0.25, -0.2) is 0 Å². The van der Waals surface area contributed by atoms with Gasteiger partial charge in [-0.15, -0.1) is 0 Å². The van der Waals surface area contributed by atoms with Crippen LogP contribution < -0.4 is 11.1 Å². The maximum absolute atomic E-state index is 12.0. The molecule has 1 amide bonds. The van der Waals surface area contributed by atoms with Crippen LogP contribution >= 0.6 is 0 Å². The van der Waals surface area contributed by atoms with Crippen LogP contribution in [0.5, 0.6) is 0 Å². The van der Waals surface area contributed by atoms with Crippen molar-refractivity contribution >= 4 is 11.6 Å². The van der Waals surface area contributed by atoms with Crippen LogP contribution in [0.2, 0.25) is 0 Å². The van der Waals surface area contributed by atoms with Crippen molar-refractivity contribution in [3.63, 3.8) is 0 Å². The number of likely N-dealkylation sites (tertiary alicyclic amines) is 1. The summed E-state index contributed by atoms with van der Waals surface area (Å²) in [7, 11) is 0. The normalized spacial score (nSPS) is 19.8. The van der Waals surface area contributed by atoms with Gasteiger partial charge >= 0.3 is 0 Å². The van der Waals surface area contributed by atoms with Gasteiger partial charge in [-0.1, -0.05) is 19.1 Å². The number of hydrogen-bond donors (Lipinski definition) is 2. The predicted octanol–water partition coefficient (Wildman–Crippen LogP) is 1.86. The lowest BCUT2D eigenvalue weighted by molar-refractivity contribution is -0.117. The van der Waals surface area contributed by atoms with Gasteiger partial charge in [-0.3, -0.25) is 9.69 Å². The lowest BCUT2D eigenvalue weighted by atomic mass is 9.98. The smallest absolute Gasteiger partial charge is 0.238 e. The number of nitrogens with zero attached hydrogens (tertiary/aromatic N) is 1. The van der Waals surface area contributed by atoms with Crippen molar-refractivity contribution in [1.29, 1.82) is 0 Å². The summed E-state index contributed by atoms with van der Waals surface area (Å²) in [5.41, 5.74) is 7.88. The second kappa shape index (κ2) is 7.41. The fourth-order valence-electron chi connectivity index (χ4n) is 2.71. The number of nitrogens with two attached hydrogens (primary N) is 1. The number of anilines is 1. The van der Waals surface area contributed by atoms with Gasteiger partial charge in [0.2, 0.25) is 5.91 Å². The highest BCUT2D eigenvalue weighted by Gasteiger charge is 2.20. The number of carbonyl (C=O) groups excluding carboxylic acids is 1. The standard InChI is InChI=1S/C16H25N3O/c1-2-13-5-7-15(8-6-13)18-16(20)12-19-9-3-4-14(10-17)11-19/h5-8,14H,2-4,9-12,17H2,1H3,(H,18,20). The number of piperidine rings is 1. The summed E-state index contributed by atoms with van der Waals surface area (Å²) in [6.45, 7) is 5.25. The van der Waals surface area contributed by atoms with E-state index >= 15 is 0 Å². The molecule has 1 fully saturated rings. The Labute approximate surface area is 121 Å². The van der Waals surface area contributed by atoms with Crippen molar-refractivity contribution in [3.8, 4) is 0 Å². The molecule has 3 N–H and O–H groups in total. The molecule has 1 aliphatic rings. The molecule has 1 atom stereocenters. The zero-order chi connectivity index (χ0) is 14.4. The molecule has 0 aliphatic carbocycles. The summed E-state index contributed by atoms with van der Waals surface area (Å²) in [5, 5.41) is 2.96. The van der Waals surface area contributed by atoms with Crippen molar-refractivity contribution in [2.45, 2.75) is 26.2 Å². The molecule has 1 unspecified atom stereocenters. The van der Waals surface area contributed by atoms with E-state index in [1.165, 1.54) is 12.0 Å². The minimum Gasteiger partial charge on any atom is -0.330 e.